The minimum absolute atomic E-state index is 0.131. The van der Waals surface area contributed by atoms with Crippen LogP contribution in [0.2, 0.25) is 5.02 Å². The number of hydrogen-bond acceptors (Lipinski definition) is 3. The molecular weight excluding hydrogens is 350 g/mol. The minimum atomic E-state index is -0.228. The van der Waals surface area contributed by atoms with Crippen LogP contribution in [0, 0.1) is 0 Å². The maximum atomic E-state index is 12.3. The molecule has 0 unspecified atom stereocenters. The maximum Gasteiger partial charge on any atom is 0.255 e. The van der Waals surface area contributed by atoms with Crippen molar-refractivity contribution in [1.82, 2.24) is 9.78 Å². The van der Waals surface area contributed by atoms with E-state index in [0.717, 1.165) is 5.56 Å². The Hall–Kier alpha value is -3.18. The van der Waals surface area contributed by atoms with Crippen LogP contribution < -0.4 is 5.32 Å². The molecule has 0 atom stereocenters. The molecule has 0 saturated carbocycles. The lowest BCUT2D eigenvalue weighted by Crippen LogP contribution is -2.11. The van der Waals surface area contributed by atoms with Gasteiger partial charge in [-0.05, 0) is 48.0 Å². The van der Waals surface area contributed by atoms with Crippen LogP contribution in [0.4, 0.5) is 5.69 Å². The Morgan fingerprint density at radius 3 is 2.58 bits per heavy atom. The SMILES string of the molecule is Cn1cc(C(=O)C=Cc2cccc(NC(=O)c3ccc(Cl)cc3)c2)cn1. The van der Waals surface area contributed by atoms with E-state index in [1.54, 1.807) is 60.4 Å². The lowest BCUT2D eigenvalue weighted by atomic mass is 10.1. The van der Waals surface area contributed by atoms with Crippen LogP contribution in [-0.4, -0.2) is 21.5 Å². The van der Waals surface area contributed by atoms with Gasteiger partial charge in [-0.3, -0.25) is 14.3 Å². The molecule has 6 heteroatoms. The summed E-state index contributed by atoms with van der Waals surface area (Å²) in [7, 11) is 1.76. The Morgan fingerprint density at radius 1 is 1.12 bits per heavy atom. The van der Waals surface area contributed by atoms with E-state index in [0.29, 0.717) is 21.8 Å². The van der Waals surface area contributed by atoms with Crippen LogP contribution in [0.1, 0.15) is 26.3 Å². The first-order valence-corrected chi connectivity index (χ1v) is 8.27. The molecule has 3 aromatic rings. The topological polar surface area (TPSA) is 64.0 Å². The highest BCUT2D eigenvalue weighted by molar-refractivity contribution is 6.30. The number of benzene rings is 2. The molecule has 0 spiro atoms. The van der Waals surface area contributed by atoms with E-state index >= 15 is 0 Å². The van der Waals surface area contributed by atoms with Gasteiger partial charge in [0.05, 0.1) is 11.8 Å². The summed E-state index contributed by atoms with van der Waals surface area (Å²) < 4.78 is 1.58. The summed E-state index contributed by atoms with van der Waals surface area (Å²) in [6, 6.07) is 13.9. The molecule has 2 aromatic carbocycles. The highest BCUT2D eigenvalue weighted by Gasteiger charge is 2.07. The highest BCUT2D eigenvalue weighted by Crippen LogP contribution is 2.15. The van der Waals surface area contributed by atoms with Crippen molar-refractivity contribution < 1.29 is 9.59 Å². The fourth-order valence-corrected chi connectivity index (χ4v) is 2.47. The van der Waals surface area contributed by atoms with E-state index in [1.807, 2.05) is 12.1 Å². The van der Waals surface area contributed by atoms with E-state index < -0.39 is 0 Å². The van der Waals surface area contributed by atoms with Gasteiger partial charge in [0.1, 0.15) is 0 Å². The number of allylic oxidation sites excluding steroid dienone is 1. The van der Waals surface area contributed by atoms with Crippen molar-refractivity contribution >= 4 is 35.1 Å². The van der Waals surface area contributed by atoms with Crippen molar-refractivity contribution in [2.75, 3.05) is 5.32 Å². The van der Waals surface area contributed by atoms with Gasteiger partial charge in [-0.1, -0.05) is 29.8 Å². The number of carbonyl (C=O) groups is 2. The smallest absolute Gasteiger partial charge is 0.255 e. The zero-order valence-corrected chi connectivity index (χ0v) is 14.8. The van der Waals surface area contributed by atoms with Crippen LogP contribution in [0.25, 0.3) is 6.08 Å². The minimum Gasteiger partial charge on any atom is -0.322 e. The standard InChI is InChI=1S/C20H16ClN3O2/c1-24-13-16(12-22-24)19(25)10-5-14-3-2-4-18(11-14)23-20(26)15-6-8-17(21)9-7-15/h2-13H,1H3,(H,23,26). The van der Waals surface area contributed by atoms with E-state index in [-0.39, 0.29) is 11.7 Å². The summed E-state index contributed by atoms with van der Waals surface area (Å²) in [5, 5.41) is 7.38. The van der Waals surface area contributed by atoms with Crippen molar-refractivity contribution in [1.29, 1.82) is 0 Å². The maximum absolute atomic E-state index is 12.3. The van der Waals surface area contributed by atoms with Gasteiger partial charge >= 0.3 is 0 Å². The van der Waals surface area contributed by atoms with Crippen molar-refractivity contribution in [3.8, 4) is 0 Å². The number of nitrogens with one attached hydrogen (secondary N) is 1. The second-order valence-electron chi connectivity index (χ2n) is 5.69. The molecule has 0 aliphatic carbocycles. The second kappa shape index (κ2) is 7.80. The molecule has 5 nitrogen and oxygen atoms in total. The van der Waals surface area contributed by atoms with E-state index in [2.05, 4.69) is 10.4 Å². The average molecular weight is 366 g/mol. The summed E-state index contributed by atoms with van der Waals surface area (Å²) in [5.74, 6) is -0.358. The number of hydrogen-bond donors (Lipinski definition) is 1. The monoisotopic (exact) mass is 365 g/mol. The van der Waals surface area contributed by atoms with Crippen LogP contribution in [-0.2, 0) is 7.05 Å². The number of carbonyl (C=O) groups excluding carboxylic acids is 2. The van der Waals surface area contributed by atoms with Gasteiger partial charge in [0, 0.05) is 29.5 Å². The van der Waals surface area contributed by atoms with Crippen LogP contribution in [0.5, 0.6) is 0 Å². The van der Waals surface area contributed by atoms with Crippen molar-refractivity contribution in [2.24, 2.45) is 7.05 Å². The molecule has 0 bridgehead atoms. The Labute approximate surface area is 155 Å². The molecule has 1 aromatic heterocycles. The number of ketones is 1. The Morgan fingerprint density at radius 2 is 1.88 bits per heavy atom. The molecule has 26 heavy (non-hydrogen) atoms. The molecule has 0 aliphatic heterocycles. The third-order valence-corrected chi connectivity index (χ3v) is 3.92. The molecule has 130 valence electrons. The lowest BCUT2D eigenvalue weighted by molar-refractivity contribution is 0.102. The molecule has 3 rings (SSSR count). The van der Waals surface area contributed by atoms with Crippen molar-refractivity contribution in [3.05, 3.63) is 88.7 Å². The number of halogens is 1. The van der Waals surface area contributed by atoms with Gasteiger partial charge in [-0.15, -0.1) is 0 Å². The van der Waals surface area contributed by atoms with Gasteiger partial charge in [0.2, 0.25) is 0 Å². The Bertz CT molecular complexity index is 975. The zero-order chi connectivity index (χ0) is 18.5. The third-order valence-electron chi connectivity index (χ3n) is 3.67. The molecule has 0 saturated heterocycles. The molecule has 0 radical (unpaired) electrons. The average Bonchev–Trinajstić information content (AvgIpc) is 3.07. The predicted octanol–water partition coefficient (Wildman–Crippen LogP) is 4.22. The quantitative estimate of drug-likeness (QED) is 0.543. The lowest BCUT2D eigenvalue weighted by Gasteiger charge is -2.06. The van der Waals surface area contributed by atoms with E-state index in [1.165, 1.54) is 12.3 Å². The van der Waals surface area contributed by atoms with Crippen molar-refractivity contribution in [3.63, 3.8) is 0 Å². The number of anilines is 1. The first-order chi connectivity index (χ1) is 12.5. The number of nitrogens with zero attached hydrogens (tertiary/aromatic N) is 2. The van der Waals surface area contributed by atoms with Gasteiger partial charge in [-0.25, -0.2) is 0 Å². The molecule has 0 fully saturated rings. The van der Waals surface area contributed by atoms with Crippen molar-refractivity contribution in [2.45, 2.75) is 0 Å². The van der Waals surface area contributed by atoms with E-state index in [9.17, 15) is 9.59 Å². The summed E-state index contributed by atoms with van der Waals surface area (Å²) in [6.45, 7) is 0. The number of amides is 1. The summed E-state index contributed by atoms with van der Waals surface area (Å²) in [5.41, 5.74) is 2.48. The number of aryl methyl sites for hydroxylation is 1. The van der Waals surface area contributed by atoms with Gasteiger partial charge in [0.15, 0.2) is 5.78 Å². The second-order valence-corrected chi connectivity index (χ2v) is 6.12. The highest BCUT2D eigenvalue weighted by atomic mass is 35.5. The normalized spacial score (nSPS) is 10.8. The summed E-state index contributed by atoms with van der Waals surface area (Å²) in [6.07, 6.45) is 6.37. The molecule has 1 N–H and O–H groups in total. The summed E-state index contributed by atoms with van der Waals surface area (Å²) >= 11 is 5.83. The first-order valence-electron chi connectivity index (χ1n) is 7.89. The number of aromatic nitrogens is 2. The largest absolute Gasteiger partial charge is 0.322 e. The van der Waals surface area contributed by atoms with Gasteiger partial charge in [0.25, 0.3) is 5.91 Å². The fraction of sp³-hybridized carbons (Fsp3) is 0.0500. The van der Waals surface area contributed by atoms with Gasteiger partial charge < -0.3 is 5.32 Å². The predicted molar refractivity (Wildman–Crippen MR) is 102 cm³/mol. The first kappa shape index (κ1) is 17.6. The molecule has 0 aliphatic rings. The van der Waals surface area contributed by atoms with Gasteiger partial charge in [-0.2, -0.15) is 5.10 Å². The summed E-state index contributed by atoms with van der Waals surface area (Å²) in [4.78, 5) is 24.3. The van der Waals surface area contributed by atoms with Crippen LogP contribution >= 0.6 is 11.6 Å². The Balaban J connectivity index is 1.69. The van der Waals surface area contributed by atoms with Crippen LogP contribution in [0.15, 0.2) is 67.0 Å². The third kappa shape index (κ3) is 4.46. The van der Waals surface area contributed by atoms with E-state index in [4.69, 9.17) is 11.6 Å². The molecule has 1 amide bonds. The van der Waals surface area contributed by atoms with Crippen LogP contribution in [0.3, 0.4) is 0 Å². The fourth-order valence-electron chi connectivity index (χ4n) is 2.34. The number of rotatable bonds is 5. The molecule has 1 heterocycles. The Kier molecular flexibility index (Phi) is 5.29. The molecular formula is C20H16ClN3O2. The zero-order valence-electron chi connectivity index (χ0n) is 14.0.